The van der Waals surface area contributed by atoms with Crippen molar-refractivity contribution in [2.45, 2.75) is 157 Å². The Labute approximate surface area is 356 Å². The molecule has 0 unspecified atom stereocenters. The molecule has 1 saturated heterocycles. The summed E-state index contributed by atoms with van der Waals surface area (Å²) in [5.41, 5.74) is 5.23. The third-order valence-electron chi connectivity index (χ3n) is 12.0. The molecule has 1 fully saturated rings. The molecule has 1 aliphatic heterocycles. The summed E-state index contributed by atoms with van der Waals surface area (Å²) in [5, 5.41) is 18.3. The Kier molecular flexibility index (Phi) is 19.7. The fourth-order valence-electron chi connectivity index (χ4n) is 7.90. The molecule has 1 aromatic heterocycles. The number of unbranched alkanes of at least 4 members (excludes halogenated alkanes) is 3. The van der Waals surface area contributed by atoms with E-state index < -0.39 is 41.3 Å². The number of benzene rings is 1. The van der Waals surface area contributed by atoms with Gasteiger partial charge in [-0.25, -0.2) is 9.37 Å². The molecule has 3 rings (SSSR count). The van der Waals surface area contributed by atoms with Gasteiger partial charge < -0.3 is 31.1 Å². The van der Waals surface area contributed by atoms with Crippen LogP contribution in [0.3, 0.4) is 0 Å². The molecule has 332 valence electrons. The predicted molar refractivity (Wildman–Crippen MR) is 234 cm³/mol. The Bertz CT molecular complexity index is 1670. The average molecular weight is 845 g/mol. The third kappa shape index (κ3) is 14.5. The highest BCUT2D eigenvalue weighted by atomic mass is 32.1. The van der Waals surface area contributed by atoms with Crippen LogP contribution in [-0.2, 0) is 25.5 Å². The Balaban J connectivity index is 1.92. The normalized spacial score (nSPS) is 18.8. The smallest absolute Gasteiger partial charge is 0.309 e. The highest BCUT2D eigenvalue weighted by Gasteiger charge is 2.39. The lowest BCUT2D eigenvalue weighted by Crippen LogP contribution is -2.59. The topological polar surface area (TPSA) is 167 Å². The van der Waals surface area contributed by atoms with Crippen LogP contribution in [0, 0.1) is 29.0 Å². The third-order valence-corrected chi connectivity index (χ3v) is 12.9. The molecule has 0 radical (unpaired) electrons. The number of nitrogens with zero attached hydrogens (tertiary/aromatic N) is 3. The maximum atomic E-state index is 14.9. The Hall–Kier alpha value is -3.62. The average Bonchev–Trinajstić information content (AvgIpc) is 3.68. The minimum atomic E-state index is -1.18. The van der Waals surface area contributed by atoms with E-state index in [0.29, 0.717) is 36.1 Å². The first-order valence-corrected chi connectivity index (χ1v) is 22.7. The maximum Gasteiger partial charge on any atom is 0.309 e. The van der Waals surface area contributed by atoms with Crippen molar-refractivity contribution in [1.82, 2.24) is 25.4 Å². The zero-order valence-corrected chi connectivity index (χ0v) is 38.1. The van der Waals surface area contributed by atoms with E-state index in [1.165, 1.54) is 23.5 Å². The van der Waals surface area contributed by atoms with Crippen LogP contribution in [0.5, 0.6) is 0 Å². The number of rotatable bonds is 24. The second kappa shape index (κ2) is 23.4. The van der Waals surface area contributed by atoms with Gasteiger partial charge in [-0.3, -0.25) is 24.1 Å². The lowest BCUT2D eigenvalue weighted by Gasteiger charge is -2.40. The van der Waals surface area contributed by atoms with Crippen molar-refractivity contribution < 1.29 is 33.4 Å². The number of nitrogens with two attached hydrogens (primary N) is 1. The number of likely N-dealkylation sites (tertiary alicyclic amines) is 1. The van der Waals surface area contributed by atoms with Gasteiger partial charge in [0.25, 0.3) is 5.91 Å². The van der Waals surface area contributed by atoms with Crippen LogP contribution in [0.25, 0.3) is 0 Å². The van der Waals surface area contributed by atoms with Crippen molar-refractivity contribution in [2.24, 2.45) is 23.2 Å². The number of aromatic nitrogens is 1. The van der Waals surface area contributed by atoms with E-state index in [-0.39, 0.29) is 60.0 Å². The van der Waals surface area contributed by atoms with Crippen molar-refractivity contribution >= 4 is 40.7 Å². The van der Waals surface area contributed by atoms with Gasteiger partial charge in [0.15, 0.2) is 0 Å². The maximum absolute atomic E-state index is 14.9. The van der Waals surface area contributed by atoms with Gasteiger partial charge >= 0.3 is 5.97 Å². The quantitative estimate of drug-likeness (QED) is 0.0608. The Morgan fingerprint density at radius 2 is 1.83 bits per heavy atom. The first kappa shape index (κ1) is 49.7. The molecule has 1 aromatic carbocycles. The van der Waals surface area contributed by atoms with Crippen LogP contribution in [0.2, 0.25) is 0 Å². The molecule has 0 saturated carbocycles. The molecule has 0 aliphatic carbocycles. The molecule has 2 aromatic rings. The van der Waals surface area contributed by atoms with Crippen LogP contribution in [-0.4, -0.2) is 94.5 Å². The van der Waals surface area contributed by atoms with Gasteiger partial charge in [0.05, 0.1) is 17.1 Å². The number of thiazole rings is 1. The molecule has 0 spiro atoms. The summed E-state index contributed by atoms with van der Waals surface area (Å²) in [6, 6.07) is 2.54. The van der Waals surface area contributed by atoms with Gasteiger partial charge in [0.2, 0.25) is 11.8 Å². The molecule has 0 bridgehead atoms. The molecule has 14 heteroatoms. The molecular formula is C45H73FN6O6S. The number of carbonyl (C=O) groups is 4. The fourth-order valence-corrected chi connectivity index (χ4v) is 8.76. The van der Waals surface area contributed by atoms with Gasteiger partial charge in [-0.2, -0.15) is 0 Å². The summed E-state index contributed by atoms with van der Waals surface area (Å²) < 4.78 is 20.7. The summed E-state index contributed by atoms with van der Waals surface area (Å²) in [6.45, 7) is 19.4. The summed E-state index contributed by atoms with van der Waals surface area (Å²) in [5.74, 6) is -1.89. The van der Waals surface area contributed by atoms with E-state index in [4.69, 9.17) is 15.5 Å². The van der Waals surface area contributed by atoms with E-state index in [2.05, 4.69) is 43.2 Å². The molecule has 5 N–H and O–H groups in total. The van der Waals surface area contributed by atoms with E-state index in [1.54, 1.807) is 25.3 Å². The monoisotopic (exact) mass is 845 g/mol. The molecule has 7 atom stereocenters. The molecule has 1 aliphatic rings. The van der Waals surface area contributed by atoms with Crippen LogP contribution < -0.4 is 16.4 Å². The van der Waals surface area contributed by atoms with Gasteiger partial charge in [-0.05, 0) is 102 Å². The number of nitrogens with one attached hydrogen (secondary N) is 2. The Morgan fingerprint density at radius 3 is 2.44 bits per heavy atom. The van der Waals surface area contributed by atoms with Crippen molar-refractivity contribution in [3.8, 4) is 0 Å². The van der Waals surface area contributed by atoms with E-state index in [1.807, 2.05) is 32.7 Å². The summed E-state index contributed by atoms with van der Waals surface area (Å²) in [7, 11) is 1.98. The molecule has 3 amide bonds. The van der Waals surface area contributed by atoms with Crippen LogP contribution >= 0.6 is 11.3 Å². The number of ether oxygens (including phenoxy) is 1. The molecule has 12 nitrogen and oxygen atoms in total. The highest BCUT2D eigenvalue weighted by Crippen LogP contribution is 2.32. The lowest BCUT2D eigenvalue weighted by atomic mass is 9.84. The number of amides is 3. The molecular weight excluding hydrogens is 772 g/mol. The number of carboxylic acid groups (broad SMARTS) is 1. The van der Waals surface area contributed by atoms with Gasteiger partial charge in [-0.15, -0.1) is 11.3 Å². The van der Waals surface area contributed by atoms with Crippen molar-refractivity contribution in [3.63, 3.8) is 0 Å². The fraction of sp³-hybridized carbons (Fsp3) is 0.711. The number of nitrogen functional groups attached to an aromatic ring is 1. The van der Waals surface area contributed by atoms with Crippen LogP contribution in [0.1, 0.15) is 147 Å². The van der Waals surface area contributed by atoms with Gasteiger partial charge in [0.1, 0.15) is 28.7 Å². The number of likely N-dealkylation sites (N-methyl/N-ethyl adjacent to an activating group) is 1. The van der Waals surface area contributed by atoms with Gasteiger partial charge in [0, 0.05) is 37.0 Å². The van der Waals surface area contributed by atoms with Crippen molar-refractivity contribution in [2.75, 3.05) is 32.5 Å². The van der Waals surface area contributed by atoms with E-state index >= 15 is 0 Å². The SMILES string of the molecule is CCCCCCN(C(=O)[C@@H](NC(=O)[C@H]1C[C@H](C)CCN1C)[C@@H](C)CC)[C@H](C[C@@H](OCC)c1nc(C(=O)N[C@@H](Cc2ccc(N)c(F)c2)CC(C)(C)C(=O)O)cs1)C(C)C. The molecule has 59 heavy (non-hydrogen) atoms. The first-order chi connectivity index (χ1) is 27.8. The number of piperidine rings is 1. The van der Waals surface area contributed by atoms with E-state index in [0.717, 1.165) is 51.5 Å². The van der Waals surface area contributed by atoms with Crippen LogP contribution in [0.4, 0.5) is 10.1 Å². The highest BCUT2D eigenvalue weighted by molar-refractivity contribution is 7.09. The minimum absolute atomic E-state index is 0.00206. The minimum Gasteiger partial charge on any atom is -0.481 e. The predicted octanol–water partition coefficient (Wildman–Crippen LogP) is 7.87. The number of carbonyl (C=O) groups excluding carboxylic acids is 3. The number of halogens is 1. The van der Waals surface area contributed by atoms with Crippen LogP contribution in [0.15, 0.2) is 23.6 Å². The lowest BCUT2D eigenvalue weighted by molar-refractivity contribution is -0.147. The van der Waals surface area contributed by atoms with Crippen molar-refractivity contribution in [1.29, 1.82) is 0 Å². The summed E-state index contributed by atoms with van der Waals surface area (Å²) >= 11 is 1.30. The van der Waals surface area contributed by atoms with Gasteiger partial charge in [-0.1, -0.05) is 73.3 Å². The standard InChI is InChI=1S/C45H73FN6O6S/c1-11-14-15-16-20-52(43(55)39(30(7)12-2)50-41(54)37-22-29(6)19-21-51(37)10)36(28(4)5)25-38(58-13-3)42-49-35(27-59-42)40(53)48-32(26-45(8,9)44(56)57)23-31-17-18-34(47)33(46)24-31/h17-18,24,27-30,32,36-39H,11-16,19-23,25-26,47H2,1-10H3,(H,48,53)(H,50,54)(H,56,57)/t29-,30+,32+,36-,37-,38-,39+/m1/s1. The summed E-state index contributed by atoms with van der Waals surface area (Å²) in [6.07, 6.45) is 6.63. The second-order valence-corrected chi connectivity index (χ2v) is 18.7. The van der Waals surface area contributed by atoms with E-state index in [9.17, 15) is 28.7 Å². The molecule has 2 heterocycles. The largest absolute Gasteiger partial charge is 0.481 e. The zero-order valence-electron chi connectivity index (χ0n) is 37.3. The number of carboxylic acids is 1. The number of aliphatic carboxylic acids is 1. The second-order valence-electron chi connectivity index (χ2n) is 17.8. The zero-order chi connectivity index (χ0) is 44.0. The Morgan fingerprint density at radius 1 is 1.12 bits per heavy atom. The number of hydrogen-bond donors (Lipinski definition) is 4. The van der Waals surface area contributed by atoms with Crippen molar-refractivity contribution in [3.05, 3.63) is 45.7 Å². The summed E-state index contributed by atoms with van der Waals surface area (Å²) in [4.78, 5) is 63.5. The number of hydrogen-bond acceptors (Lipinski definition) is 9. The number of anilines is 1. The first-order valence-electron chi connectivity index (χ1n) is 21.8.